The number of H-pyrrole nitrogens is 2. The van der Waals surface area contributed by atoms with E-state index in [9.17, 15) is 71.4 Å². The van der Waals surface area contributed by atoms with Gasteiger partial charge in [-0.05, 0) is 44.9 Å². The Morgan fingerprint density at radius 1 is 0.658 bits per heavy atom. The van der Waals surface area contributed by atoms with Gasteiger partial charge in [0.15, 0.2) is 51.4 Å². The average molecular weight is 1710 g/mol. The fourth-order valence-electron chi connectivity index (χ4n) is 9.41. The van der Waals surface area contributed by atoms with Crippen molar-refractivity contribution in [2.24, 2.45) is 11.8 Å². The van der Waals surface area contributed by atoms with Gasteiger partial charge in [0.25, 0.3) is 18.6 Å². The van der Waals surface area contributed by atoms with Crippen molar-refractivity contribution in [3.63, 3.8) is 0 Å². The van der Waals surface area contributed by atoms with Crippen molar-refractivity contribution in [2.45, 2.75) is 162 Å². The number of amides is 2. The highest BCUT2D eigenvalue weighted by molar-refractivity contribution is 7.87. The van der Waals surface area contributed by atoms with E-state index in [2.05, 4.69) is 69.0 Å². The van der Waals surface area contributed by atoms with Crippen LogP contribution in [0.2, 0.25) is 36.3 Å². The van der Waals surface area contributed by atoms with E-state index in [0.29, 0.717) is 21.0 Å². The molecule has 9 heterocycles. The monoisotopic (exact) mass is 1710 g/mol. The van der Waals surface area contributed by atoms with Gasteiger partial charge in [-0.25, -0.2) is 47.3 Å². The molecule has 0 aromatic carbocycles. The maximum Gasteiger partial charge on any atom is 0.702 e. The topological polar surface area (TPSA) is 590 Å². The predicted octanol–water partition coefficient (Wildman–Crippen LogP) is 8.16. The Bertz CT molecular complexity index is 4860. The highest BCUT2D eigenvalue weighted by atomic mass is 31.2. The van der Waals surface area contributed by atoms with Crippen LogP contribution in [0.15, 0.2) is 78.4 Å². The zero-order chi connectivity index (χ0) is 81.9. The van der Waals surface area contributed by atoms with Crippen molar-refractivity contribution in [3.05, 3.63) is 101 Å². The third-order valence-electron chi connectivity index (χ3n) is 16.7. The molecule has 14 atom stereocenters. The number of imidazole rings is 5. The van der Waals surface area contributed by atoms with Gasteiger partial charge in [-0.3, -0.25) is 84.7 Å². The number of aromatic amines is 2. The zero-order valence-electron chi connectivity index (χ0n) is 61.2. The maximum atomic E-state index is 13.6. The Labute approximate surface area is 642 Å². The fourth-order valence-corrected chi connectivity index (χ4v) is 18.8. The predicted molar refractivity (Wildman–Crippen MR) is 406 cm³/mol. The lowest BCUT2D eigenvalue weighted by Crippen LogP contribution is -2.49. The second-order valence-electron chi connectivity index (χ2n) is 27.4. The summed E-state index contributed by atoms with van der Waals surface area (Å²) in [5.41, 5.74) is -1.95. The minimum Gasteiger partial charge on any atom is -0.407 e. The Morgan fingerprint density at radius 2 is 1.04 bits per heavy atom. The molecule has 8 N–H and O–H groups in total. The highest BCUT2D eigenvalue weighted by Gasteiger charge is 2.58. The van der Waals surface area contributed by atoms with Gasteiger partial charge in [-0.15, -0.1) is 9.79 Å². The molecule has 0 saturated carbocycles. The fraction of sp³-hybridized carbons (Fsp3) is 0.545. The first kappa shape index (κ1) is 92.7. The van der Waals surface area contributed by atoms with E-state index in [1.165, 1.54) is 33.4 Å². The summed E-state index contributed by atoms with van der Waals surface area (Å²) in [7, 11) is -32.4. The van der Waals surface area contributed by atoms with Crippen molar-refractivity contribution >= 4 is 139 Å². The number of rotatable bonds is 31. The Kier molecular flexibility index (Phi) is 32.0. The largest absolute Gasteiger partial charge is 0.702 e. The molecule has 44 nitrogen and oxygen atoms in total. The lowest BCUT2D eigenvalue weighted by Gasteiger charge is -2.40. The molecule has 595 valence electrons. The first-order valence-corrected chi connectivity index (χ1v) is 48.4. The molecule has 2 aliphatic heterocycles. The molecule has 7 aromatic rings. The molecule has 2 saturated heterocycles. The number of carbonyl (C=O) groups is 2. The Hall–Kier alpha value is -7.15. The molecule has 3 radical (unpaired) electrons. The van der Waals surface area contributed by atoms with Crippen molar-refractivity contribution in [3.8, 4) is 17.9 Å². The van der Waals surface area contributed by atoms with Crippen LogP contribution >= 0.6 is 54.9 Å². The van der Waals surface area contributed by atoms with E-state index >= 15 is 0 Å². The van der Waals surface area contributed by atoms with Crippen LogP contribution in [0, 0.1) is 52.1 Å². The number of ether oxygens (including phenoxy) is 2. The summed E-state index contributed by atoms with van der Waals surface area (Å²) in [5.74, 6) is 2.06. The first-order chi connectivity index (χ1) is 51.2. The lowest BCUT2D eigenvalue weighted by atomic mass is 10.1. The zero-order valence-corrected chi connectivity index (χ0v) is 69.5. The normalized spacial score (nSPS) is 21.1. The van der Waals surface area contributed by atoms with Gasteiger partial charge in [-0.1, -0.05) is 76.7 Å². The molecule has 56 heteroatoms. The number of nitriles is 3. The van der Waals surface area contributed by atoms with Crippen LogP contribution in [-0.4, -0.2) is 192 Å². The lowest BCUT2D eigenvalue weighted by molar-refractivity contribution is -0.119. The van der Waals surface area contributed by atoms with E-state index in [0.717, 1.165) is 6.33 Å². The van der Waals surface area contributed by atoms with E-state index in [-0.39, 0.29) is 46.7 Å². The average Bonchev–Trinajstić information content (AvgIpc) is 1.61. The number of fused-ring (bicyclic) bond motifs is 2. The molecule has 7 aromatic heterocycles. The molecule has 2 fully saturated rings. The number of hydrogen-bond donors (Lipinski definition) is 8. The van der Waals surface area contributed by atoms with Crippen LogP contribution in [0.4, 0.5) is 11.9 Å². The summed E-state index contributed by atoms with van der Waals surface area (Å²) in [6.45, 7) is 32.1. The molecular formula is C55H81B3N20O24P7Si2+2. The number of nitrogens with one attached hydrogen (secondary N) is 4. The van der Waals surface area contributed by atoms with E-state index < -0.39 is 180 Å². The van der Waals surface area contributed by atoms with Gasteiger partial charge >= 0.3 is 66.3 Å². The smallest absolute Gasteiger partial charge is 0.407 e. The molecule has 2 amide bonds. The van der Waals surface area contributed by atoms with Gasteiger partial charge in [0.2, 0.25) is 32.1 Å². The molecule has 2 aliphatic rings. The van der Waals surface area contributed by atoms with Gasteiger partial charge in [-0.2, -0.15) is 9.97 Å². The number of anilines is 2. The number of hydrogen-bond acceptors (Lipinski definition) is 30. The van der Waals surface area contributed by atoms with E-state index in [4.69, 9.17) is 53.5 Å². The SMILES string of the molecule is C.CC(C)C(=O)Nc1nc2c(ncn2C2OC(COP(=O)([B]C#N)O[P+](=O)O)C(OP(=O)([B]C#N)O[P+](=O)O)C2O[Si](C)(C)C(C)(C)C)c(=O)[nH]1.[C-]#[N+]CP(=O)(O)OC1C(COP(=O)(O)[B]C#N)OC(n2cnc3c(=O)[nH]c(NC(=O)C(C)C)nc32)C1O[Si](C)(C)C(C)(C)C.c1cn(P(n2ccnc2)n2ccnc2)cn1. The summed E-state index contributed by atoms with van der Waals surface area (Å²) >= 11 is 0. The molecule has 14 unspecified atom stereocenters. The minimum absolute atomic E-state index is 0. The molecule has 0 spiro atoms. The molecule has 0 aliphatic carbocycles. The number of carbonyl (C=O) groups excluding carboxylic acids is 2. The summed E-state index contributed by atoms with van der Waals surface area (Å²) < 4.78 is 140. The quantitative estimate of drug-likeness (QED) is 0.0115. The number of aromatic nitrogens is 14. The van der Waals surface area contributed by atoms with Crippen LogP contribution in [0.1, 0.15) is 89.1 Å². The van der Waals surface area contributed by atoms with Gasteiger partial charge in [0.1, 0.15) is 55.6 Å². The van der Waals surface area contributed by atoms with Crippen molar-refractivity contribution in [1.82, 2.24) is 67.0 Å². The second kappa shape index (κ2) is 38.3. The molecule has 9 rings (SSSR count). The van der Waals surface area contributed by atoms with Crippen LogP contribution in [-0.2, 0) is 82.0 Å². The summed E-state index contributed by atoms with van der Waals surface area (Å²) in [5, 5.41) is 31.4. The Balaban J connectivity index is 0.000000286. The van der Waals surface area contributed by atoms with E-state index in [1.54, 1.807) is 65.3 Å². The van der Waals surface area contributed by atoms with Crippen LogP contribution in [0.25, 0.3) is 27.2 Å². The standard InChI is InChI=1S/C23H35BN7O10P2Si.C22H31B2N7O14P4Si.C9H9N6P.CH4/c1-13(2)19(32)29-22-28-18-15(20(33)30-22)27-11-31(18)21-17(41-44(7,8)23(3,4)5)16(40-42(34,35)12-26-6)14(39-21)9-38-43(36,37)24-10-25;1-12(2)18(32)29-21-28-17-14(19(33)30-21)27-11-31(17)20-16(43-50(6,7)22(3,4)5)15(42-49(39,24-10-26)45-47(36)37)13(41-20)8-40-48(38,23-9-25)44-46(34)35;1-4-13(7-10-1)16(14-5-2-11-8-14)15-6-3-12-9-15;/h11,13-14,16-17,21H,9,12H2,1-5,7-8H3,(H,34,35)(H,36,37)(H2,28,29,30,32,33);11-13,15-16,20H,8H2,1-7H3,(H2-2,28,29,30,32,33,34,35,36,37);1-9H;1H4/p+2. The van der Waals surface area contributed by atoms with Crippen LogP contribution in [0.5, 0.6) is 0 Å². The second-order valence-corrected chi connectivity index (χ2v) is 47.7. The molecule has 0 bridgehead atoms. The van der Waals surface area contributed by atoms with Gasteiger partial charge < -0.3 is 46.5 Å². The summed E-state index contributed by atoms with van der Waals surface area (Å²) in [6.07, 6.45) is 6.55. The summed E-state index contributed by atoms with van der Waals surface area (Å²) in [6, 6.07) is 0. The Morgan fingerprint density at radius 3 is 1.39 bits per heavy atom. The van der Waals surface area contributed by atoms with Crippen LogP contribution < -0.4 is 21.8 Å². The minimum atomic E-state index is -4.91. The van der Waals surface area contributed by atoms with Crippen molar-refractivity contribution in [1.29, 1.82) is 15.8 Å². The van der Waals surface area contributed by atoms with Gasteiger partial charge in [0.05, 0.1) is 25.9 Å². The van der Waals surface area contributed by atoms with Crippen molar-refractivity contribution < 1.29 is 102 Å². The molecular weight excluding hydrogens is 1630 g/mol. The van der Waals surface area contributed by atoms with Crippen molar-refractivity contribution in [2.75, 3.05) is 30.1 Å². The highest BCUT2D eigenvalue weighted by Crippen LogP contribution is 2.59. The summed E-state index contributed by atoms with van der Waals surface area (Å²) in [4.78, 5) is 127. The van der Waals surface area contributed by atoms with Gasteiger partial charge in [0, 0.05) is 76.1 Å². The third-order valence-corrected chi connectivity index (χ3v) is 34.5. The first-order valence-electron chi connectivity index (χ1n) is 32.5. The van der Waals surface area contributed by atoms with Crippen LogP contribution in [0.3, 0.4) is 0 Å². The number of nitrogens with zero attached hydrogens (tertiary/aromatic N) is 16. The van der Waals surface area contributed by atoms with E-state index in [1.807, 2.05) is 99.3 Å². The molecule has 111 heavy (non-hydrogen) atoms. The maximum absolute atomic E-state index is 13.6. The third kappa shape index (κ3) is 24.2.